The topological polar surface area (TPSA) is 108 Å². The van der Waals surface area contributed by atoms with E-state index in [-0.39, 0.29) is 17.9 Å². The molecule has 2 atom stereocenters. The van der Waals surface area contributed by atoms with E-state index in [4.69, 9.17) is 0 Å². The molecule has 0 amide bonds. The lowest BCUT2D eigenvalue weighted by Crippen LogP contribution is -2.51. The average Bonchev–Trinajstić information content (AvgIpc) is 3.40. The minimum Gasteiger partial charge on any atom is -0.481 e. The normalized spacial score (nSPS) is 25.3. The molecule has 4 aromatic heterocycles. The van der Waals surface area contributed by atoms with E-state index in [1.807, 2.05) is 12.3 Å². The first-order chi connectivity index (χ1) is 15.1. The smallest absolute Gasteiger partial charge is 0.308 e. The minimum absolute atomic E-state index is 0.117. The van der Waals surface area contributed by atoms with Gasteiger partial charge in [-0.25, -0.2) is 9.37 Å². The fourth-order valence-corrected chi connectivity index (χ4v) is 5.62. The molecule has 4 aromatic rings. The highest BCUT2D eigenvalue weighted by Gasteiger charge is 2.47. The van der Waals surface area contributed by atoms with Crippen molar-refractivity contribution in [2.75, 3.05) is 5.32 Å². The van der Waals surface area contributed by atoms with Crippen LogP contribution in [0.4, 0.5) is 10.1 Å². The van der Waals surface area contributed by atoms with Crippen molar-refractivity contribution in [1.82, 2.24) is 24.6 Å². The van der Waals surface area contributed by atoms with Gasteiger partial charge in [0.25, 0.3) is 0 Å². The highest BCUT2D eigenvalue weighted by molar-refractivity contribution is 5.98. The van der Waals surface area contributed by atoms with Crippen LogP contribution in [-0.2, 0) is 4.79 Å². The molecule has 4 heterocycles. The molecule has 3 N–H and O–H groups in total. The number of carboxylic acids is 1. The molecule has 9 heteroatoms. The van der Waals surface area contributed by atoms with Crippen LogP contribution in [0.2, 0.25) is 0 Å². The van der Waals surface area contributed by atoms with Crippen LogP contribution in [0.3, 0.4) is 0 Å². The Bertz CT molecular complexity index is 1310. The zero-order chi connectivity index (χ0) is 21.1. The molecule has 0 radical (unpaired) electrons. The number of fused-ring (bicyclic) bond motifs is 5. The predicted molar refractivity (Wildman–Crippen MR) is 112 cm³/mol. The summed E-state index contributed by atoms with van der Waals surface area (Å²) in [7, 11) is 0. The maximum atomic E-state index is 13.9. The van der Waals surface area contributed by atoms with Gasteiger partial charge in [0.2, 0.25) is 0 Å². The summed E-state index contributed by atoms with van der Waals surface area (Å²) in [6, 6.07) is 3.27. The summed E-state index contributed by atoms with van der Waals surface area (Å²) in [5.74, 6) is -0.962. The van der Waals surface area contributed by atoms with Gasteiger partial charge in [-0.15, -0.1) is 10.2 Å². The number of aromatic nitrogens is 5. The van der Waals surface area contributed by atoms with Crippen molar-refractivity contribution in [2.45, 2.75) is 31.7 Å². The monoisotopic (exact) mass is 420 g/mol. The number of hydrogen-bond donors (Lipinski definition) is 3. The number of aliphatic carboxylic acids is 1. The molecule has 3 saturated carbocycles. The summed E-state index contributed by atoms with van der Waals surface area (Å²) in [5, 5.41) is 22.3. The number of halogens is 1. The third-order valence-corrected chi connectivity index (χ3v) is 7.02. The van der Waals surface area contributed by atoms with Gasteiger partial charge in [-0.1, -0.05) is 0 Å². The van der Waals surface area contributed by atoms with Gasteiger partial charge in [0.15, 0.2) is 5.65 Å². The number of pyridine rings is 2. The van der Waals surface area contributed by atoms with Gasteiger partial charge >= 0.3 is 5.97 Å². The zero-order valence-electron chi connectivity index (χ0n) is 16.6. The van der Waals surface area contributed by atoms with Crippen molar-refractivity contribution in [1.29, 1.82) is 0 Å². The van der Waals surface area contributed by atoms with Crippen LogP contribution in [0.15, 0.2) is 37.1 Å². The van der Waals surface area contributed by atoms with E-state index in [2.05, 4.69) is 25.5 Å². The summed E-state index contributed by atoms with van der Waals surface area (Å²) in [5.41, 5.74) is 3.56. The third-order valence-electron chi connectivity index (χ3n) is 7.02. The van der Waals surface area contributed by atoms with E-state index in [1.54, 1.807) is 16.9 Å². The Balaban J connectivity index is 1.45. The molecule has 3 aliphatic rings. The van der Waals surface area contributed by atoms with Crippen LogP contribution < -0.4 is 5.32 Å². The highest BCUT2D eigenvalue weighted by Crippen LogP contribution is 2.46. The number of carboxylic acid groups (broad SMARTS) is 1. The number of nitrogens with zero attached hydrogens (tertiary/aromatic N) is 4. The third kappa shape index (κ3) is 2.87. The van der Waals surface area contributed by atoms with Crippen LogP contribution >= 0.6 is 0 Å². The standard InChI is InChI=1S/C22H21FN6O2/c23-13-5-15-17(8-25-20(15)24-7-13)16-6-14(9-29-10-26-28-21(16)29)27-19-12-3-1-11(2-4-12)18(19)22(30)31/h5-12,18-19,27H,1-4H2,(H,24,25)(H,30,31)/t11-,12+,18-,19-/m0/s1. The SMILES string of the molecule is O=C(O)[C@H]1[C@H]2CC[C@H](CC2)[C@@H]1Nc1cc(-c2c[nH]c3ncc(F)cc23)c2nncn2c1. The van der Waals surface area contributed by atoms with Crippen LogP contribution in [0.1, 0.15) is 25.7 Å². The van der Waals surface area contributed by atoms with Crippen LogP contribution in [0.5, 0.6) is 0 Å². The van der Waals surface area contributed by atoms with Gasteiger partial charge in [-0.3, -0.25) is 9.20 Å². The molecule has 3 aliphatic carbocycles. The summed E-state index contributed by atoms with van der Waals surface area (Å²) >= 11 is 0. The molecule has 3 fully saturated rings. The molecule has 7 rings (SSSR count). The second-order valence-electron chi connectivity index (χ2n) is 8.67. The average molecular weight is 420 g/mol. The Morgan fingerprint density at radius 3 is 2.81 bits per heavy atom. The van der Waals surface area contributed by atoms with Crippen LogP contribution in [-0.4, -0.2) is 41.7 Å². The number of nitrogens with one attached hydrogen (secondary N) is 2. The second kappa shape index (κ2) is 6.76. The maximum absolute atomic E-state index is 13.9. The molecule has 0 spiro atoms. The number of aromatic amines is 1. The first-order valence-corrected chi connectivity index (χ1v) is 10.5. The predicted octanol–water partition coefficient (Wildman–Crippen LogP) is 3.71. The summed E-state index contributed by atoms with van der Waals surface area (Å²) in [6.45, 7) is 0. The largest absolute Gasteiger partial charge is 0.481 e. The van der Waals surface area contributed by atoms with Gasteiger partial charge in [0.05, 0.1) is 17.8 Å². The Morgan fingerprint density at radius 2 is 2.00 bits per heavy atom. The van der Waals surface area contributed by atoms with E-state index >= 15 is 0 Å². The van der Waals surface area contributed by atoms with Crippen molar-refractivity contribution in [2.24, 2.45) is 17.8 Å². The quantitative estimate of drug-likeness (QED) is 0.464. The number of hydrogen-bond acceptors (Lipinski definition) is 5. The Morgan fingerprint density at radius 1 is 1.19 bits per heavy atom. The second-order valence-corrected chi connectivity index (χ2v) is 8.67. The Hall–Kier alpha value is -3.49. The van der Waals surface area contributed by atoms with Gasteiger partial charge in [-0.05, 0) is 49.7 Å². The van der Waals surface area contributed by atoms with E-state index < -0.39 is 11.8 Å². The summed E-state index contributed by atoms with van der Waals surface area (Å²) in [4.78, 5) is 19.2. The summed E-state index contributed by atoms with van der Waals surface area (Å²) < 4.78 is 15.7. The van der Waals surface area contributed by atoms with Gasteiger partial charge in [0, 0.05) is 34.9 Å². The number of carbonyl (C=O) groups is 1. The maximum Gasteiger partial charge on any atom is 0.308 e. The fraction of sp³-hybridized carbons (Fsp3) is 0.364. The molecule has 0 aromatic carbocycles. The van der Waals surface area contributed by atoms with Crippen molar-refractivity contribution in [3.63, 3.8) is 0 Å². The van der Waals surface area contributed by atoms with Crippen LogP contribution in [0.25, 0.3) is 27.8 Å². The highest BCUT2D eigenvalue weighted by atomic mass is 19.1. The lowest BCUT2D eigenvalue weighted by Gasteiger charge is -2.47. The molecule has 8 nitrogen and oxygen atoms in total. The molecule has 0 unspecified atom stereocenters. The van der Waals surface area contributed by atoms with Gasteiger partial charge < -0.3 is 15.4 Å². The van der Waals surface area contributed by atoms with E-state index in [0.29, 0.717) is 22.6 Å². The molecule has 31 heavy (non-hydrogen) atoms. The number of H-pyrrole nitrogens is 1. The molecule has 0 aliphatic heterocycles. The molecule has 0 saturated heterocycles. The number of anilines is 1. The van der Waals surface area contributed by atoms with E-state index in [0.717, 1.165) is 42.5 Å². The van der Waals surface area contributed by atoms with Gasteiger partial charge in [0.1, 0.15) is 17.8 Å². The lowest BCUT2D eigenvalue weighted by molar-refractivity contribution is -0.148. The van der Waals surface area contributed by atoms with Crippen molar-refractivity contribution >= 4 is 28.3 Å². The lowest BCUT2D eigenvalue weighted by atomic mass is 9.61. The molecular weight excluding hydrogens is 399 g/mol. The summed E-state index contributed by atoms with van der Waals surface area (Å²) in [6.07, 6.45) is 10.5. The molecule has 2 bridgehead atoms. The minimum atomic E-state index is -0.726. The van der Waals surface area contributed by atoms with Crippen molar-refractivity contribution in [3.05, 3.63) is 42.9 Å². The van der Waals surface area contributed by atoms with Crippen LogP contribution in [0, 0.1) is 23.6 Å². The number of rotatable bonds is 4. The molecule has 158 valence electrons. The van der Waals surface area contributed by atoms with Gasteiger partial charge in [-0.2, -0.15) is 0 Å². The first-order valence-electron chi connectivity index (χ1n) is 10.5. The van der Waals surface area contributed by atoms with E-state index in [1.165, 1.54) is 12.3 Å². The Kier molecular flexibility index (Phi) is 3.99. The fourth-order valence-electron chi connectivity index (χ4n) is 5.62. The van der Waals surface area contributed by atoms with Crippen molar-refractivity contribution in [3.8, 4) is 11.1 Å². The van der Waals surface area contributed by atoms with Crippen molar-refractivity contribution < 1.29 is 14.3 Å². The zero-order valence-corrected chi connectivity index (χ0v) is 16.6. The Labute approximate surface area is 176 Å². The van der Waals surface area contributed by atoms with E-state index in [9.17, 15) is 14.3 Å². The molecular formula is C22H21FN6O2. The first kappa shape index (κ1) is 18.3.